The van der Waals surface area contributed by atoms with Gasteiger partial charge < -0.3 is 9.84 Å². The van der Waals surface area contributed by atoms with E-state index in [9.17, 15) is 5.11 Å². The molecule has 1 aliphatic rings. The van der Waals surface area contributed by atoms with E-state index in [1.165, 1.54) is 5.56 Å². The van der Waals surface area contributed by atoms with Crippen LogP contribution in [0.5, 0.6) is 0 Å². The Balaban J connectivity index is 2.17. The molecule has 14 heavy (non-hydrogen) atoms. The number of aliphatic hydroxyl groups is 1. The molecule has 1 heterocycles. The van der Waals surface area contributed by atoms with Crippen molar-refractivity contribution in [1.82, 2.24) is 4.98 Å². The number of aliphatic hydroxyl groups excluding tert-OH is 1. The quantitative estimate of drug-likeness (QED) is 0.782. The van der Waals surface area contributed by atoms with Crippen molar-refractivity contribution < 1.29 is 9.84 Å². The van der Waals surface area contributed by atoms with Crippen LogP contribution in [-0.2, 0) is 11.2 Å². The Morgan fingerprint density at radius 2 is 2.57 bits per heavy atom. The average molecular weight is 193 g/mol. The van der Waals surface area contributed by atoms with Crippen LogP contribution in [0.1, 0.15) is 23.6 Å². The predicted octanol–water partition coefficient (Wildman–Crippen LogP) is 1.12. The summed E-state index contributed by atoms with van der Waals surface area (Å²) in [5, 5.41) is 9.83. The minimum atomic E-state index is -0.420. The summed E-state index contributed by atoms with van der Waals surface area (Å²) in [5.74, 6) is 0.158. The summed E-state index contributed by atoms with van der Waals surface area (Å²) in [4.78, 5) is 4.33. The van der Waals surface area contributed by atoms with Crippen LogP contribution >= 0.6 is 0 Å². The van der Waals surface area contributed by atoms with Crippen molar-refractivity contribution in [2.45, 2.75) is 24.9 Å². The Labute approximate surface area is 83.7 Å². The molecule has 0 bridgehead atoms. The minimum absolute atomic E-state index is 0.158. The van der Waals surface area contributed by atoms with Gasteiger partial charge in [-0.15, -0.1) is 0 Å². The zero-order chi connectivity index (χ0) is 9.97. The van der Waals surface area contributed by atoms with E-state index in [0.717, 1.165) is 18.5 Å². The average Bonchev–Trinajstić information content (AvgIpc) is 2.61. The third-order valence-electron chi connectivity index (χ3n) is 2.80. The molecule has 1 aromatic heterocycles. The minimum Gasteiger partial charge on any atom is -0.390 e. The van der Waals surface area contributed by atoms with E-state index in [-0.39, 0.29) is 5.92 Å². The Morgan fingerprint density at radius 1 is 1.71 bits per heavy atom. The first-order valence-corrected chi connectivity index (χ1v) is 4.93. The predicted molar refractivity (Wildman–Crippen MR) is 53.2 cm³/mol. The molecule has 1 aliphatic carbocycles. The highest BCUT2D eigenvalue weighted by atomic mass is 16.5. The summed E-state index contributed by atoms with van der Waals surface area (Å²) in [5.41, 5.74) is 2.32. The first-order valence-electron chi connectivity index (χ1n) is 4.93. The van der Waals surface area contributed by atoms with Crippen molar-refractivity contribution in [3.63, 3.8) is 0 Å². The number of ether oxygens (including phenoxy) is 1. The van der Waals surface area contributed by atoms with Crippen molar-refractivity contribution >= 4 is 0 Å². The van der Waals surface area contributed by atoms with E-state index in [1.54, 1.807) is 13.3 Å². The number of hydrogen-bond donors (Lipinski definition) is 1. The second-order valence-corrected chi connectivity index (χ2v) is 3.72. The van der Waals surface area contributed by atoms with Crippen LogP contribution in [0.2, 0.25) is 0 Å². The molecule has 0 saturated carbocycles. The van der Waals surface area contributed by atoms with Gasteiger partial charge in [0.2, 0.25) is 0 Å². The lowest BCUT2D eigenvalue weighted by Crippen LogP contribution is -2.22. The molecule has 1 N–H and O–H groups in total. The second kappa shape index (κ2) is 4.07. The molecule has 0 radical (unpaired) electrons. The molecule has 0 saturated heterocycles. The van der Waals surface area contributed by atoms with Gasteiger partial charge in [-0.3, -0.25) is 4.98 Å². The van der Waals surface area contributed by atoms with Gasteiger partial charge in [0.25, 0.3) is 0 Å². The second-order valence-electron chi connectivity index (χ2n) is 3.72. The molecular formula is C11H15NO2. The van der Waals surface area contributed by atoms with Gasteiger partial charge in [0.15, 0.2) is 0 Å². The van der Waals surface area contributed by atoms with E-state index in [0.29, 0.717) is 6.61 Å². The van der Waals surface area contributed by atoms with Crippen LogP contribution < -0.4 is 0 Å². The van der Waals surface area contributed by atoms with E-state index < -0.39 is 6.10 Å². The van der Waals surface area contributed by atoms with E-state index >= 15 is 0 Å². The normalized spacial score (nSPS) is 22.0. The number of rotatable bonds is 3. The van der Waals surface area contributed by atoms with Crippen LogP contribution in [0, 0.1) is 0 Å². The number of methoxy groups -OCH3 is 1. The van der Waals surface area contributed by atoms with Crippen molar-refractivity contribution in [3.05, 3.63) is 29.6 Å². The fraction of sp³-hybridized carbons (Fsp3) is 0.545. The smallest absolute Gasteiger partial charge is 0.0857 e. The zero-order valence-electron chi connectivity index (χ0n) is 8.31. The SMILES string of the molecule is COCC(O)C1CCc2cccnc21. The molecule has 3 heteroatoms. The topological polar surface area (TPSA) is 42.4 Å². The first kappa shape index (κ1) is 9.62. The Hall–Kier alpha value is -0.930. The Morgan fingerprint density at radius 3 is 3.36 bits per heavy atom. The van der Waals surface area contributed by atoms with E-state index in [2.05, 4.69) is 11.1 Å². The number of aromatic nitrogens is 1. The summed E-state index contributed by atoms with van der Waals surface area (Å²) in [6.07, 6.45) is 3.37. The number of fused-ring (bicyclic) bond motifs is 1. The summed E-state index contributed by atoms with van der Waals surface area (Å²) >= 11 is 0. The summed E-state index contributed by atoms with van der Waals surface area (Å²) in [7, 11) is 1.61. The molecule has 2 rings (SSSR count). The van der Waals surface area contributed by atoms with Crippen LogP contribution in [0.3, 0.4) is 0 Å². The van der Waals surface area contributed by atoms with Crippen LogP contribution in [0.15, 0.2) is 18.3 Å². The highest BCUT2D eigenvalue weighted by Gasteiger charge is 2.29. The standard InChI is InChI=1S/C11H15NO2/c1-14-7-10(13)9-5-4-8-3-2-6-12-11(8)9/h2-3,6,9-10,13H,4-5,7H2,1H3. The third-order valence-corrected chi connectivity index (χ3v) is 2.80. The summed E-state index contributed by atoms with van der Waals surface area (Å²) < 4.78 is 4.95. The number of pyridine rings is 1. The molecule has 0 fully saturated rings. The van der Waals surface area contributed by atoms with Gasteiger partial charge >= 0.3 is 0 Å². The summed E-state index contributed by atoms with van der Waals surface area (Å²) in [6.45, 7) is 0.390. The lowest BCUT2D eigenvalue weighted by molar-refractivity contribution is 0.0460. The fourth-order valence-electron chi connectivity index (χ4n) is 2.11. The van der Waals surface area contributed by atoms with Gasteiger partial charge in [-0.25, -0.2) is 0 Å². The molecule has 0 spiro atoms. The number of nitrogens with zero attached hydrogens (tertiary/aromatic N) is 1. The zero-order valence-corrected chi connectivity index (χ0v) is 8.31. The van der Waals surface area contributed by atoms with Crippen molar-refractivity contribution in [3.8, 4) is 0 Å². The largest absolute Gasteiger partial charge is 0.390 e. The molecule has 2 unspecified atom stereocenters. The maximum atomic E-state index is 9.83. The monoisotopic (exact) mass is 193 g/mol. The van der Waals surface area contributed by atoms with Crippen LogP contribution in [0.4, 0.5) is 0 Å². The highest BCUT2D eigenvalue weighted by molar-refractivity contribution is 5.29. The van der Waals surface area contributed by atoms with Crippen molar-refractivity contribution in [2.75, 3.05) is 13.7 Å². The van der Waals surface area contributed by atoms with E-state index in [4.69, 9.17) is 4.74 Å². The van der Waals surface area contributed by atoms with Gasteiger partial charge in [-0.1, -0.05) is 6.07 Å². The van der Waals surface area contributed by atoms with Gasteiger partial charge in [0.1, 0.15) is 0 Å². The summed E-state index contributed by atoms with van der Waals surface area (Å²) in [6, 6.07) is 4.03. The molecule has 0 amide bonds. The maximum absolute atomic E-state index is 9.83. The maximum Gasteiger partial charge on any atom is 0.0857 e. The first-order chi connectivity index (χ1) is 6.83. The molecule has 3 nitrogen and oxygen atoms in total. The highest BCUT2D eigenvalue weighted by Crippen LogP contribution is 2.33. The molecule has 0 aliphatic heterocycles. The molecule has 1 aromatic rings. The van der Waals surface area contributed by atoms with Gasteiger partial charge in [0.05, 0.1) is 12.7 Å². The molecular weight excluding hydrogens is 178 g/mol. The lowest BCUT2D eigenvalue weighted by atomic mass is 10.0. The van der Waals surface area contributed by atoms with Crippen molar-refractivity contribution in [1.29, 1.82) is 0 Å². The number of aryl methyl sites for hydroxylation is 1. The van der Waals surface area contributed by atoms with Crippen LogP contribution in [-0.4, -0.2) is 29.9 Å². The molecule has 76 valence electrons. The van der Waals surface area contributed by atoms with E-state index in [1.807, 2.05) is 6.07 Å². The van der Waals surface area contributed by atoms with Crippen molar-refractivity contribution in [2.24, 2.45) is 0 Å². The fourth-order valence-corrected chi connectivity index (χ4v) is 2.11. The molecule has 2 atom stereocenters. The molecule has 0 aromatic carbocycles. The van der Waals surface area contributed by atoms with Gasteiger partial charge in [-0.05, 0) is 24.5 Å². The lowest BCUT2D eigenvalue weighted by Gasteiger charge is -2.17. The Bertz CT molecular complexity index is 314. The van der Waals surface area contributed by atoms with Crippen LogP contribution in [0.25, 0.3) is 0 Å². The third kappa shape index (κ3) is 1.65. The Kier molecular flexibility index (Phi) is 2.79. The number of hydrogen-bond acceptors (Lipinski definition) is 3. The van der Waals surface area contributed by atoms with Gasteiger partial charge in [-0.2, -0.15) is 0 Å². The van der Waals surface area contributed by atoms with Gasteiger partial charge in [0, 0.05) is 24.9 Å².